The monoisotopic (exact) mass is 390 g/mol. The summed E-state index contributed by atoms with van der Waals surface area (Å²) in [6.07, 6.45) is 0. The molecule has 27 heavy (non-hydrogen) atoms. The van der Waals surface area contributed by atoms with Gasteiger partial charge in [0.25, 0.3) is 0 Å². The van der Waals surface area contributed by atoms with Crippen molar-refractivity contribution in [3.8, 4) is 5.75 Å². The van der Waals surface area contributed by atoms with Crippen LogP contribution in [0.4, 0.5) is 0 Å². The first-order valence-corrected chi connectivity index (χ1v) is 9.95. The number of benzene rings is 2. The second kappa shape index (κ2) is 7.67. The number of likely N-dealkylation sites (N-methyl/N-ethyl adjacent to an activating group) is 1. The van der Waals surface area contributed by atoms with Gasteiger partial charge in [-0.15, -0.1) is 0 Å². The molecule has 0 saturated carbocycles. The van der Waals surface area contributed by atoms with E-state index in [1.807, 2.05) is 31.3 Å². The first-order chi connectivity index (χ1) is 12.8. The zero-order valence-electron chi connectivity index (χ0n) is 15.2. The van der Waals surface area contributed by atoms with Crippen molar-refractivity contribution in [2.45, 2.75) is 10.9 Å². The first kappa shape index (κ1) is 19.3. The number of carboxylic acid groups (broad SMARTS) is 1. The van der Waals surface area contributed by atoms with Gasteiger partial charge in [-0.1, -0.05) is 24.3 Å². The van der Waals surface area contributed by atoms with Crippen LogP contribution in [0.1, 0.15) is 22.0 Å². The van der Waals surface area contributed by atoms with E-state index in [2.05, 4.69) is 4.90 Å². The fourth-order valence-corrected chi connectivity index (χ4v) is 4.77. The minimum absolute atomic E-state index is 0.00858. The van der Waals surface area contributed by atoms with Crippen LogP contribution in [-0.2, 0) is 10.0 Å². The normalized spacial score (nSPS) is 19.0. The van der Waals surface area contributed by atoms with Gasteiger partial charge in [-0.25, -0.2) is 13.2 Å². The van der Waals surface area contributed by atoms with Gasteiger partial charge >= 0.3 is 5.97 Å². The Morgan fingerprint density at radius 1 is 1.15 bits per heavy atom. The highest BCUT2D eigenvalue weighted by Crippen LogP contribution is 2.33. The molecule has 1 aliphatic heterocycles. The van der Waals surface area contributed by atoms with Gasteiger partial charge in [0, 0.05) is 25.2 Å². The molecule has 0 aromatic heterocycles. The van der Waals surface area contributed by atoms with Gasteiger partial charge < -0.3 is 9.84 Å². The number of nitrogens with zero attached hydrogens (tertiary/aromatic N) is 2. The van der Waals surface area contributed by atoms with Crippen molar-refractivity contribution in [3.05, 3.63) is 59.7 Å². The molecule has 0 bridgehead atoms. The number of para-hydroxylation sites is 1. The molecule has 3 rings (SSSR count). The van der Waals surface area contributed by atoms with Crippen LogP contribution in [0.5, 0.6) is 5.75 Å². The lowest BCUT2D eigenvalue weighted by Crippen LogP contribution is -2.48. The minimum Gasteiger partial charge on any atom is -0.496 e. The Morgan fingerprint density at radius 2 is 1.89 bits per heavy atom. The molecule has 0 amide bonds. The quantitative estimate of drug-likeness (QED) is 0.841. The number of sulfonamides is 1. The van der Waals surface area contributed by atoms with Gasteiger partial charge in [0.2, 0.25) is 10.0 Å². The molecule has 0 radical (unpaired) electrons. The lowest BCUT2D eigenvalue weighted by molar-refractivity contribution is 0.0696. The number of aromatic carboxylic acids is 1. The Hall–Kier alpha value is -2.42. The van der Waals surface area contributed by atoms with E-state index < -0.39 is 16.0 Å². The van der Waals surface area contributed by atoms with Gasteiger partial charge in [-0.3, -0.25) is 4.90 Å². The summed E-state index contributed by atoms with van der Waals surface area (Å²) < 4.78 is 33.0. The third-order valence-electron chi connectivity index (χ3n) is 4.83. The zero-order chi connectivity index (χ0) is 19.6. The number of rotatable bonds is 5. The summed E-state index contributed by atoms with van der Waals surface area (Å²) >= 11 is 0. The molecule has 0 spiro atoms. The molecule has 144 valence electrons. The van der Waals surface area contributed by atoms with Crippen LogP contribution in [-0.4, -0.2) is 62.5 Å². The standard InChI is InChI=1S/C19H22N2O5S/c1-20-10-11-21(13-17(20)16-8-3-4-9-18(16)26-2)27(24,25)15-7-5-6-14(12-15)19(22)23/h3-9,12,17H,10-11,13H2,1-2H3,(H,22,23). The Balaban J connectivity index is 1.93. The smallest absolute Gasteiger partial charge is 0.335 e. The SMILES string of the molecule is COc1ccccc1C1CN(S(=O)(=O)c2cccc(C(=O)O)c2)CCN1C. The number of ether oxygens (including phenoxy) is 1. The molecular weight excluding hydrogens is 368 g/mol. The van der Waals surface area contributed by atoms with Crippen LogP contribution in [0, 0.1) is 0 Å². The van der Waals surface area contributed by atoms with Crippen LogP contribution in [0.3, 0.4) is 0 Å². The number of hydrogen-bond donors (Lipinski definition) is 1. The molecule has 2 aromatic carbocycles. The summed E-state index contributed by atoms with van der Waals surface area (Å²) in [6, 6.07) is 12.9. The molecule has 1 heterocycles. The maximum Gasteiger partial charge on any atom is 0.335 e. The fourth-order valence-electron chi connectivity index (χ4n) is 3.28. The number of carbonyl (C=O) groups is 1. The van der Waals surface area contributed by atoms with Crippen LogP contribution in [0.15, 0.2) is 53.4 Å². The first-order valence-electron chi connectivity index (χ1n) is 8.51. The van der Waals surface area contributed by atoms with Crippen molar-refractivity contribution < 1.29 is 23.1 Å². The van der Waals surface area contributed by atoms with Crippen molar-refractivity contribution in [2.75, 3.05) is 33.8 Å². The maximum atomic E-state index is 13.1. The van der Waals surface area contributed by atoms with Crippen molar-refractivity contribution in [1.29, 1.82) is 0 Å². The van der Waals surface area contributed by atoms with Crippen molar-refractivity contribution >= 4 is 16.0 Å². The third kappa shape index (κ3) is 3.83. The highest BCUT2D eigenvalue weighted by atomic mass is 32.2. The number of hydrogen-bond acceptors (Lipinski definition) is 5. The molecule has 0 aliphatic carbocycles. The Labute approximate surface area is 158 Å². The molecule has 1 N–H and O–H groups in total. The van der Waals surface area contributed by atoms with E-state index in [0.29, 0.717) is 18.8 Å². The van der Waals surface area contributed by atoms with E-state index in [1.54, 1.807) is 7.11 Å². The van der Waals surface area contributed by atoms with Gasteiger partial charge in [-0.2, -0.15) is 4.31 Å². The highest BCUT2D eigenvalue weighted by Gasteiger charge is 2.34. The van der Waals surface area contributed by atoms with E-state index in [0.717, 1.165) is 5.56 Å². The molecule has 1 atom stereocenters. The third-order valence-corrected chi connectivity index (χ3v) is 6.69. The Bertz CT molecular complexity index is 945. The largest absolute Gasteiger partial charge is 0.496 e. The predicted molar refractivity (Wildman–Crippen MR) is 101 cm³/mol. The number of methoxy groups -OCH3 is 1. The molecule has 7 nitrogen and oxygen atoms in total. The number of piperazine rings is 1. The number of carboxylic acids is 1. The fraction of sp³-hybridized carbons (Fsp3) is 0.316. The van der Waals surface area contributed by atoms with Crippen LogP contribution in [0.25, 0.3) is 0 Å². The molecule has 1 aliphatic rings. The van der Waals surface area contributed by atoms with Crippen LogP contribution in [0.2, 0.25) is 0 Å². The van der Waals surface area contributed by atoms with Crippen molar-refractivity contribution in [3.63, 3.8) is 0 Å². The average molecular weight is 390 g/mol. The van der Waals surface area contributed by atoms with Gasteiger partial charge in [0.15, 0.2) is 0 Å². The lowest BCUT2D eigenvalue weighted by Gasteiger charge is -2.39. The summed E-state index contributed by atoms with van der Waals surface area (Å²) in [5.41, 5.74) is 0.869. The topological polar surface area (TPSA) is 87.1 Å². The molecule has 8 heteroatoms. The van der Waals surface area contributed by atoms with E-state index in [1.165, 1.54) is 28.6 Å². The second-order valence-electron chi connectivity index (χ2n) is 6.43. The van der Waals surface area contributed by atoms with Crippen LogP contribution < -0.4 is 4.74 Å². The van der Waals surface area contributed by atoms with Crippen LogP contribution >= 0.6 is 0 Å². The molecule has 1 unspecified atom stereocenters. The van der Waals surface area contributed by atoms with E-state index in [9.17, 15) is 13.2 Å². The summed E-state index contributed by atoms with van der Waals surface area (Å²) in [5, 5.41) is 9.14. The molecular formula is C19H22N2O5S. The maximum absolute atomic E-state index is 13.1. The summed E-state index contributed by atoms with van der Waals surface area (Å²) in [5.74, 6) is -0.446. The van der Waals surface area contributed by atoms with Crippen molar-refractivity contribution in [1.82, 2.24) is 9.21 Å². The highest BCUT2D eigenvalue weighted by molar-refractivity contribution is 7.89. The van der Waals surface area contributed by atoms with E-state index in [4.69, 9.17) is 9.84 Å². The van der Waals surface area contributed by atoms with Gasteiger partial charge in [0.1, 0.15) is 5.75 Å². The minimum atomic E-state index is -3.80. The molecule has 2 aromatic rings. The van der Waals surface area contributed by atoms with E-state index >= 15 is 0 Å². The van der Waals surface area contributed by atoms with Gasteiger partial charge in [-0.05, 0) is 31.3 Å². The average Bonchev–Trinajstić information content (AvgIpc) is 2.68. The van der Waals surface area contributed by atoms with Crippen molar-refractivity contribution in [2.24, 2.45) is 0 Å². The lowest BCUT2D eigenvalue weighted by atomic mass is 10.0. The van der Waals surface area contributed by atoms with E-state index in [-0.39, 0.29) is 23.0 Å². The Morgan fingerprint density at radius 3 is 2.59 bits per heavy atom. The summed E-state index contributed by atoms with van der Waals surface area (Å²) in [4.78, 5) is 13.3. The predicted octanol–water partition coefficient (Wildman–Crippen LogP) is 2.07. The molecule has 1 fully saturated rings. The second-order valence-corrected chi connectivity index (χ2v) is 8.37. The summed E-state index contributed by atoms with van der Waals surface area (Å²) in [6.45, 7) is 1.15. The summed E-state index contributed by atoms with van der Waals surface area (Å²) in [7, 11) is -0.258. The zero-order valence-corrected chi connectivity index (χ0v) is 16.0. The molecule has 1 saturated heterocycles. The van der Waals surface area contributed by atoms with Gasteiger partial charge in [0.05, 0.1) is 23.6 Å². The Kier molecular flexibility index (Phi) is 5.50.